The van der Waals surface area contributed by atoms with Gasteiger partial charge in [-0.2, -0.15) is 0 Å². The summed E-state index contributed by atoms with van der Waals surface area (Å²) < 4.78 is 0. The van der Waals surface area contributed by atoms with Crippen molar-refractivity contribution in [3.05, 3.63) is 11.6 Å². The van der Waals surface area contributed by atoms with Crippen molar-refractivity contribution < 1.29 is 4.79 Å². The highest BCUT2D eigenvalue weighted by Crippen LogP contribution is 2.58. The third-order valence-corrected chi connectivity index (χ3v) is 7.20. The van der Waals surface area contributed by atoms with E-state index in [4.69, 9.17) is 0 Å². The molecule has 0 aliphatic heterocycles. The van der Waals surface area contributed by atoms with Crippen LogP contribution in [0.5, 0.6) is 0 Å². The van der Waals surface area contributed by atoms with Gasteiger partial charge in [-0.1, -0.05) is 18.9 Å². The number of allylic oxidation sites excluding steroid dienone is 1. The monoisotopic (exact) mass is 272 g/mol. The van der Waals surface area contributed by atoms with Gasteiger partial charge in [0.1, 0.15) is 0 Å². The highest BCUT2D eigenvalue weighted by Gasteiger charge is 2.48. The van der Waals surface area contributed by atoms with Crippen molar-refractivity contribution in [1.82, 2.24) is 0 Å². The molecule has 20 heavy (non-hydrogen) atoms. The molecule has 3 saturated carbocycles. The molecule has 110 valence electrons. The molecule has 6 atom stereocenters. The van der Waals surface area contributed by atoms with Crippen LogP contribution in [0, 0.1) is 35.5 Å². The quantitative estimate of drug-likeness (QED) is 0.672. The van der Waals surface area contributed by atoms with Crippen molar-refractivity contribution in [3.63, 3.8) is 0 Å². The van der Waals surface area contributed by atoms with Gasteiger partial charge in [0.2, 0.25) is 0 Å². The Balaban J connectivity index is 1.56. The number of hydrogen-bond acceptors (Lipinski definition) is 1. The van der Waals surface area contributed by atoms with Gasteiger partial charge in [-0.3, -0.25) is 4.79 Å². The predicted octanol–water partition coefficient (Wildman–Crippen LogP) is 4.76. The zero-order chi connectivity index (χ0) is 13.7. The summed E-state index contributed by atoms with van der Waals surface area (Å²) in [6, 6.07) is 0. The number of rotatable bonds is 1. The van der Waals surface area contributed by atoms with Crippen LogP contribution in [0.4, 0.5) is 0 Å². The van der Waals surface area contributed by atoms with Crippen LogP contribution in [-0.2, 0) is 4.79 Å². The zero-order valence-corrected chi connectivity index (χ0v) is 12.8. The van der Waals surface area contributed by atoms with E-state index < -0.39 is 0 Å². The summed E-state index contributed by atoms with van der Waals surface area (Å²) in [6.45, 7) is 2.38. The Morgan fingerprint density at radius 3 is 2.75 bits per heavy atom. The molecule has 0 saturated heterocycles. The first-order valence-electron chi connectivity index (χ1n) is 8.99. The van der Waals surface area contributed by atoms with E-state index in [1.54, 1.807) is 0 Å². The van der Waals surface area contributed by atoms with Crippen LogP contribution in [0.25, 0.3) is 0 Å². The summed E-state index contributed by atoms with van der Waals surface area (Å²) >= 11 is 0. The minimum absolute atomic E-state index is 0.398. The Morgan fingerprint density at radius 1 is 1.00 bits per heavy atom. The van der Waals surface area contributed by atoms with E-state index in [1.165, 1.54) is 56.9 Å². The summed E-state index contributed by atoms with van der Waals surface area (Å²) in [7, 11) is 0. The van der Waals surface area contributed by atoms with E-state index in [9.17, 15) is 4.79 Å². The summed E-state index contributed by atoms with van der Waals surface area (Å²) in [5, 5.41) is 0. The summed E-state index contributed by atoms with van der Waals surface area (Å²) in [5.41, 5.74) is 1.53. The summed E-state index contributed by atoms with van der Waals surface area (Å²) in [6.07, 6.45) is 14.0. The SMILES string of the molecule is CCC1C[C@H]2CC[C@H]3[C@@H](CCC4=CC(=O)CC[C@@H]43)[C@@H]2C1. The maximum atomic E-state index is 11.7. The molecule has 1 unspecified atom stereocenters. The third-order valence-electron chi connectivity index (χ3n) is 7.20. The molecule has 1 nitrogen and oxygen atoms in total. The molecule has 4 rings (SSSR count). The van der Waals surface area contributed by atoms with E-state index in [2.05, 4.69) is 6.92 Å². The van der Waals surface area contributed by atoms with E-state index in [0.717, 1.165) is 41.9 Å². The average Bonchev–Trinajstić information content (AvgIpc) is 2.89. The van der Waals surface area contributed by atoms with Gasteiger partial charge in [0.25, 0.3) is 0 Å². The van der Waals surface area contributed by atoms with Gasteiger partial charge in [0.15, 0.2) is 5.78 Å². The van der Waals surface area contributed by atoms with Gasteiger partial charge in [0.05, 0.1) is 0 Å². The minimum atomic E-state index is 0.398. The maximum Gasteiger partial charge on any atom is 0.155 e. The molecule has 0 radical (unpaired) electrons. The molecule has 0 heterocycles. The van der Waals surface area contributed by atoms with Gasteiger partial charge in [-0.15, -0.1) is 0 Å². The maximum absolute atomic E-state index is 11.7. The fourth-order valence-corrected chi connectivity index (χ4v) is 6.28. The lowest BCUT2D eigenvalue weighted by molar-refractivity contribution is -0.115. The average molecular weight is 272 g/mol. The number of hydrogen-bond donors (Lipinski definition) is 0. The van der Waals surface area contributed by atoms with E-state index in [1.807, 2.05) is 6.08 Å². The fraction of sp³-hybridized carbons (Fsp3) is 0.842. The summed E-state index contributed by atoms with van der Waals surface area (Å²) in [4.78, 5) is 11.7. The first kappa shape index (κ1) is 13.1. The Hall–Kier alpha value is -0.590. The molecule has 0 spiro atoms. The number of carbonyl (C=O) groups is 1. The van der Waals surface area contributed by atoms with Crippen LogP contribution in [0.2, 0.25) is 0 Å². The van der Waals surface area contributed by atoms with Gasteiger partial charge in [-0.05, 0) is 86.5 Å². The normalized spacial score (nSPS) is 47.2. The predicted molar refractivity (Wildman–Crippen MR) is 81.3 cm³/mol. The first-order valence-corrected chi connectivity index (χ1v) is 8.99. The van der Waals surface area contributed by atoms with Crippen LogP contribution in [-0.4, -0.2) is 5.78 Å². The van der Waals surface area contributed by atoms with E-state index >= 15 is 0 Å². The lowest BCUT2D eigenvalue weighted by atomic mass is 9.56. The molecule has 0 aromatic heterocycles. The lowest BCUT2D eigenvalue weighted by Crippen LogP contribution is -2.40. The van der Waals surface area contributed by atoms with Crippen LogP contribution in [0.1, 0.15) is 64.7 Å². The second kappa shape index (κ2) is 5.00. The Kier molecular flexibility index (Phi) is 3.27. The molecule has 4 aliphatic carbocycles. The van der Waals surface area contributed by atoms with Crippen molar-refractivity contribution in [2.75, 3.05) is 0 Å². The number of fused-ring (bicyclic) bond motifs is 5. The van der Waals surface area contributed by atoms with Gasteiger partial charge < -0.3 is 0 Å². The topological polar surface area (TPSA) is 17.1 Å². The highest BCUT2D eigenvalue weighted by atomic mass is 16.1. The molecule has 0 N–H and O–H groups in total. The Morgan fingerprint density at radius 2 is 1.90 bits per heavy atom. The molecule has 0 aromatic rings. The van der Waals surface area contributed by atoms with Crippen molar-refractivity contribution in [3.8, 4) is 0 Å². The first-order chi connectivity index (χ1) is 9.76. The molecule has 1 heteroatoms. The zero-order valence-electron chi connectivity index (χ0n) is 12.8. The molecule has 0 bridgehead atoms. The second-order valence-corrected chi connectivity index (χ2v) is 7.94. The largest absolute Gasteiger partial charge is 0.295 e. The fourth-order valence-electron chi connectivity index (χ4n) is 6.28. The van der Waals surface area contributed by atoms with Gasteiger partial charge in [-0.25, -0.2) is 0 Å². The Bertz CT molecular complexity index is 435. The Labute approximate surface area is 123 Å². The van der Waals surface area contributed by atoms with Crippen LogP contribution in [0.15, 0.2) is 11.6 Å². The lowest BCUT2D eigenvalue weighted by Gasteiger charge is -2.49. The standard InChI is InChI=1S/C19H28O/c1-2-12-9-13-3-6-17-16-8-5-15(20)11-14(16)4-7-18(17)19(13)10-12/h11-13,16-19H,2-10H2,1H3/t12?,13-,16+,17-,18-,19-/m1/s1. The number of ketones is 1. The molecule has 0 aromatic carbocycles. The smallest absolute Gasteiger partial charge is 0.155 e. The van der Waals surface area contributed by atoms with Gasteiger partial charge in [0, 0.05) is 6.42 Å². The minimum Gasteiger partial charge on any atom is -0.295 e. The van der Waals surface area contributed by atoms with Crippen LogP contribution < -0.4 is 0 Å². The van der Waals surface area contributed by atoms with Crippen LogP contribution in [0.3, 0.4) is 0 Å². The van der Waals surface area contributed by atoms with Crippen molar-refractivity contribution in [1.29, 1.82) is 0 Å². The van der Waals surface area contributed by atoms with Crippen LogP contribution >= 0.6 is 0 Å². The van der Waals surface area contributed by atoms with Crippen molar-refractivity contribution >= 4 is 5.78 Å². The molecule has 0 amide bonds. The van der Waals surface area contributed by atoms with E-state index in [-0.39, 0.29) is 0 Å². The number of carbonyl (C=O) groups excluding carboxylic acids is 1. The molecular formula is C19H28O. The van der Waals surface area contributed by atoms with Gasteiger partial charge >= 0.3 is 0 Å². The molecule has 3 fully saturated rings. The summed E-state index contributed by atoms with van der Waals surface area (Å²) in [5.74, 6) is 6.23. The van der Waals surface area contributed by atoms with Crippen molar-refractivity contribution in [2.24, 2.45) is 35.5 Å². The molecule has 4 aliphatic rings. The third kappa shape index (κ3) is 2.00. The van der Waals surface area contributed by atoms with Crippen molar-refractivity contribution in [2.45, 2.75) is 64.7 Å². The second-order valence-electron chi connectivity index (χ2n) is 7.94. The van der Waals surface area contributed by atoms with E-state index in [0.29, 0.717) is 5.78 Å². The molecular weight excluding hydrogens is 244 g/mol. The highest BCUT2D eigenvalue weighted by molar-refractivity contribution is 5.91.